The van der Waals surface area contributed by atoms with Crippen molar-refractivity contribution in [1.29, 1.82) is 0 Å². The molecule has 1 fully saturated rings. The molecule has 0 unspecified atom stereocenters. The Morgan fingerprint density at radius 1 is 1.50 bits per heavy atom. The smallest absolute Gasteiger partial charge is 0.314 e. The molecular weight excluding hydrogens is 152 g/mol. The summed E-state index contributed by atoms with van der Waals surface area (Å²) in [6, 6.07) is -0.265. The molecule has 0 aromatic rings. The van der Waals surface area contributed by atoms with E-state index in [-0.39, 0.29) is 6.03 Å². The van der Waals surface area contributed by atoms with Gasteiger partial charge in [-0.15, -0.1) is 0 Å². The number of primary amides is 1. The lowest BCUT2D eigenvalue weighted by Crippen LogP contribution is -2.35. The average molecular weight is 170 g/mol. The van der Waals surface area contributed by atoms with E-state index >= 15 is 0 Å². The summed E-state index contributed by atoms with van der Waals surface area (Å²) in [6.45, 7) is 6.08. The number of amides is 2. The number of rotatable bonds is 2. The van der Waals surface area contributed by atoms with Crippen LogP contribution in [0.4, 0.5) is 4.79 Å². The fraction of sp³-hybridized carbons (Fsp3) is 0.889. The largest absolute Gasteiger partial charge is 0.351 e. The highest BCUT2D eigenvalue weighted by molar-refractivity contribution is 5.72. The minimum atomic E-state index is -0.265. The zero-order valence-corrected chi connectivity index (χ0v) is 7.97. The Bertz CT molecular complexity index is 175. The third-order valence-corrected chi connectivity index (χ3v) is 3.25. The van der Waals surface area contributed by atoms with Gasteiger partial charge in [0.2, 0.25) is 0 Å². The second-order valence-electron chi connectivity index (χ2n) is 3.72. The molecule has 0 aromatic carbocycles. The molecule has 0 spiro atoms. The van der Waals surface area contributed by atoms with Crippen molar-refractivity contribution < 1.29 is 4.79 Å². The third kappa shape index (κ3) is 1.54. The molecule has 0 bridgehead atoms. The number of likely N-dealkylation sites (tertiary alicyclic amines) is 1. The van der Waals surface area contributed by atoms with Gasteiger partial charge in [-0.2, -0.15) is 0 Å². The zero-order chi connectivity index (χ0) is 9.19. The number of nitrogens with zero attached hydrogens (tertiary/aromatic N) is 1. The van der Waals surface area contributed by atoms with Crippen LogP contribution >= 0.6 is 0 Å². The molecule has 1 aliphatic rings. The summed E-state index contributed by atoms with van der Waals surface area (Å²) in [6.07, 6.45) is 3.41. The quantitative estimate of drug-likeness (QED) is 0.672. The topological polar surface area (TPSA) is 46.3 Å². The highest BCUT2D eigenvalue weighted by Crippen LogP contribution is 2.36. The summed E-state index contributed by atoms with van der Waals surface area (Å²) in [5.74, 6) is 0. The number of hydrogen-bond acceptors (Lipinski definition) is 1. The van der Waals surface area contributed by atoms with Crippen LogP contribution in [0.3, 0.4) is 0 Å². The number of hydrogen-bond donors (Lipinski definition) is 1. The Hall–Kier alpha value is -0.730. The van der Waals surface area contributed by atoms with Crippen molar-refractivity contribution in [3.8, 4) is 0 Å². The molecule has 12 heavy (non-hydrogen) atoms. The van der Waals surface area contributed by atoms with Crippen LogP contribution in [0.5, 0.6) is 0 Å². The molecular formula is C9H18N2O. The molecule has 0 aromatic heterocycles. The van der Waals surface area contributed by atoms with Gasteiger partial charge in [-0.05, 0) is 24.7 Å². The highest BCUT2D eigenvalue weighted by Gasteiger charge is 2.36. The Labute approximate surface area is 73.9 Å². The second-order valence-corrected chi connectivity index (χ2v) is 3.72. The van der Waals surface area contributed by atoms with Crippen molar-refractivity contribution in [2.24, 2.45) is 11.1 Å². The lowest BCUT2D eigenvalue weighted by molar-refractivity contribution is 0.205. The van der Waals surface area contributed by atoms with Crippen LogP contribution in [0.15, 0.2) is 0 Å². The van der Waals surface area contributed by atoms with Crippen LogP contribution in [-0.4, -0.2) is 24.0 Å². The first kappa shape index (κ1) is 9.36. The van der Waals surface area contributed by atoms with E-state index in [9.17, 15) is 4.79 Å². The summed E-state index contributed by atoms with van der Waals surface area (Å²) in [5, 5.41) is 0. The number of urea groups is 1. The van der Waals surface area contributed by atoms with Crippen molar-refractivity contribution in [2.45, 2.75) is 33.1 Å². The van der Waals surface area contributed by atoms with Gasteiger partial charge in [0.05, 0.1) is 0 Å². The molecule has 70 valence electrons. The minimum Gasteiger partial charge on any atom is -0.351 e. The van der Waals surface area contributed by atoms with Gasteiger partial charge in [-0.3, -0.25) is 0 Å². The first-order chi connectivity index (χ1) is 5.63. The van der Waals surface area contributed by atoms with E-state index in [1.165, 1.54) is 0 Å². The molecule has 2 N–H and O–H groups in total. The fourth-order valence-electron chi connectivity index (χ4n) is 1.95. The maximum absolute atomic E-state index is 10.9. The van der Waals surface area contributed by atoms with E-state index in [2.05, 4.69) is 13.8 Å². The van der Waals surface area contributed by atoms with E-state index in [0.717, 1.165) is 32.4 Å². The molecule has 1 rings (SSSR count). The Balaban J connectivity index is 2.58. The Kier molecular flexibility index (Phi) is 2.60. The van der Waals surface area contributed by atoms with Gasteiger partial charge in [0, 0.05) is 13.1 Å². The molecule has 0 saturated carbocycles. The maximum Gasteiger partial charge on any atom is 0.314 e. The van der Waals surface area contributed by atoms with Gasteiger partial charge in [0.1, 0.15) is 0 Å². The summed E-state index contributed by atoms with van der Waals surface area (Å²) >= 11 is 0. The van der Waals surface area contributed by atoms with Gasteiger partial charge < -0.3 is 10.6 Å². The average Bonchev–Trinajstić information content (AvgIpc) is 2.49. The van der Waals surface area contributed by atoms with E-state index in [1.54, 1.807) is 4.90 Å². The molecule has 0 atom stereocenters. The fourth-order valence-corrected chi connectivity index (χ4v) is 1.95. The predicted molar refractivity (Wildman–Crippen MR) is 48.8 cm³/mol. The first-order valence-electron chi connectivity index (χ1n) is 4.68. The van der Waals surface area contributed by atoms with Crippen molar-refractivity contribution >= 4 is 6.03 Å². The molecule has 1 aliphatic heterocycles. The molecule has 3 nitrogen and oxygen atoms in total. The lowest BCUT2D eigenvalue weighted by atomic mass is 9.82. The van der Waals surface area contributed by atoms with E-state index < -0.39 is 0 Å². The second kappa shape index (κ2) is 3.33. The van der Waals surface area contributed by atoms with Gasteiger partial charge in [0.25, 0.3) is 0 Å². The van der Waals surface area contributed by atoms with Crippen LogP contribution in [0.1, 0.15) is 33.1 Å². The molecule has 1 saturated heterocycles. The van der Waals surface area contributed by atoms with Crippen molar-refractivity contribution in [3.05, 3.63) is 0 Å². The summed E-state index contributed by atoms with van der Waals surface area (Å²) in [5.41, 5.74) is 5.57. The molecule has 2 amide bonds. The Morgan fingerprint density at radius 2 is 2.08 bits per heavy atom. The number of carbonyl (C=O) groups excluding carboxylic acids is 1. The standard InChI is InChI=1S/C9H18N2O/c1-3-9(4-2)5-6-11(7-9)8(10)12/h3-7H2,1-2H3,(H2,10,12). The highest BCUT2D eigenvalue weighted by atomic mass is 16.2. The molecule has 0 aliphatic carbocycles. The third-order valence-electron chi connectivity index (χ3n) is 3.25. The van der Waals surface area contributed by atoms with Gasteiger partial charge in [-0.1, -0.05) is 13.8 Å². The predicted octanol–water partition coefficient (Wildman–Crippen LogP) is 1.58. The van der Waals surface area contributed by atoms with Crippen LogP contribution in [0, 0.1) is 5.41 Å². The van der Waals surface area contributed by atoms with Crippen LogP contribution < -0.4 is 5.73 Å². The Morgan fingerprint density at radius 3 is 2.33 bits per heavy atom. The van der Waals surface area contributed by atoms with Crippen LogP contribution in [0.25, 0.3) is 0 Å². The zero-order valence-electron chi connectivity index (χ0n) is 7.97. The van der Waals surface area contributed by atoms with Crippen molar-refractivity contribution in [1.82, 2.24) is 4.90 Å². The molecule has 1 heterocycles. The van der Waals surface area contributed by atoms with Gasteiger partial charge in [-0.25, -0.2) is 4.79 Å². The summed E-state index contributed by atoms with van der Waals surface area (Å²) in [7, 11) is 0. The van der Waals surface area contributed by atoms with Gasteiger partial charge in [0.15, 0.2) is 0 Å². The van der Waals surface area contributed by atoms with E-state index in [0.29, 0.717) is 5.41 Å². The van der Waals surface area contributed by atoms with Crippen molar-refractivity contribution in [3.63, 3.8) is 0 Å². The minimum absolute atomic E-state index is 0.265. The lowest BCUT2D eigenvalue weighted by Gasteiger charge is -2.25. The molecule has 3 heteroatoms. The number of nitrogens with two attached hydrogens (primary N) is 1. The van der Waals surface area contributed by atoms with Crippen LogP contribution in [-0.2, 0) is 0 Å². The first-order valence-corrected chi connectivity index (χ1v) is 4.68. The number of carbonyl (C=O) groups is 1. The summed E-state index contributed by atoms with van der Waals surface area (Å²) < 4.78 is 0. The van der Waals surface area contributed by atoms with Crippen LogP contribution in [0.2, 0.25) is 0 Å². The SMILES string of the molecule is CCC1(CC)CCN(C(N)=O)C1. The molecule has 0 radical (unpaired) electrons. The van der Waals surface area contributed by atoms with Crippen molar-refractivity contribution in [2.75, 3.05) is 13.1 Å². The van der Waals surface area contributed by atoms with Gasteiger partial charge >= 0.3 is 6.03 Å². The monoisotopic (exact) mass is 170 g/mol. The summed E-state index contributed by atoms with van der Waals surface area (Å²) in [4.78, 5) is 12.6. The maximum atomic E-state index is 10.9. The normalized spacial score (nSPS) is 21.3. The van der Waals surface area contributed by atoms with E-state index in [1.807, 2.05) is 0 Å². The van der Waals surface area contributed by atoms with E-state index in [4.69, 9.17) is 5.73 Å².